The van der Waals surface area contributed by atoms with Gasteiger partial charge in [0.25, 0.3) is 0 Å². The second-order valence-electron chi connectivity index (χ2n) is 11.2. The van der Waals surface area contributed by atoms with Gasteiger partial charge in [-0.1, -0.05) is 0 Å². The minimum Gasteiger partial charge on any atom is -0.147 e. The van der Waals surface area contributed by atoms with E-state index in [0.29, 0.717) is 0 Å². The largest absolute Gasteiger partial charge is 0.147 e. The summed E-state index contributed by atoms with van der Waals surface area (Å²) in [7, 11) is 2.38. The molecule has 0 amide bonds. The summed E-state index contributed by atoms with van der Waals surface area (Å²) < 4.78 is 3.63. The van der Waals surface area contributed by atoms with E-state index in [0.717, 1.165) is 0 Å². The van der Waals surface area contributed by atoms with Crippen LogP contribution in [0.5, 0.6) is 0 Å². The number of hydrogen-bond acceptors (Lipinski definition) is 0. The van der Waals surface area contributed by atoms with Crippen molar-refractivity contribution in [3.63, 3.8) is 0 Å². The van der Waals surface area contributed by atoms with Crippen molar-refractivity contribution in [2.45, 2.75) is 78.7 Å². The van der Waals surface area contributed by atoms with E-state index in [1.807, 2.05) is 7.76 Å². The maximum atomic E-state index is 2.66. The molecule has 0 nitrogen and oxygen atoms in total. The van der Waals surface area contributed by atoms with Gasteiger partial charge in [-0.05, 0) is 0 Å². The van der Waals surface area contributed by atoms with Crippen molar-refractivity contribution in [2.75, 3.05) is 0 Å². The van der Waals surface area contributed by atoms with Gasteiger partial charge in [-0.15, -0.1) is 24.8 Å². The van der Waals surface area contributed by atoms with Crippen molar-refractivity contribution in [3.05, 3.63) is 42.2 Å². The zero-order valence-electron chi connectivity index (χ0n) is 18.6. The van der Waals surface area contributed by atoms with Gasteiger partial charge in [-0.2, -0.15) is 0 Å². The van der Waals surface area contributed by atoms with Gasteiger partial charge in [-0.25, -0.2) is 0 Å². The van der Waals surface area contributed by atoms with Crippen LogP contribution in [0.4, 0.5) is 0 Å². The topological polar surface area (TPSA) is 0 Å². The molecule has 4 heteroatoms. The molecule has 2 rings (SSSR count). The molecule has 0 radical (unpaired) electrons. The van der Waals surface area contributed by atoms with E-state index in [2.05, 4.69) is 85.6 Å². The molecule has 0 fully saturated rings. The van der Waals surface area contributed by atoms with E-state index >= 15 is 0 Å². The van der Waals surface area contributed by atoms with E-state index in [9.17, 15) is 0 Å². The summed E-state index contributed by atoms with van der Waals surface area (Å²) in [5, 5.41) is 5.32. The molecule has 2 aliphatic rings. The van der Waals surface area contributed by atoms with Crippen LogP contribution in [-0.4, -0.2) is 7.63 Å². The second kappa shape index (κ2) is 7.71. The first-order chi connectivity index (χ1) is 10.5. The summed E-state index contributed by atoms with van der Waals surface area (Å²) in [6.45, 7) is 18.9. The van der Waals surface area contributed by atoms with Gasteiger partial charge in [-0.3, -0.25) is 0 Å². The first-order valence-electron chi connectivity index (χ1n) is 9.42. The fraction of sp³-hybridized carbons (Fsp3) is 0.636. The number of rotatable bonds is 2. The maximum absolute atomic E-state index is 2.82. The summed E-state index contributed by atoms with van der Waals surface area (Å²) >= 11 is -2.82. The summed E-state index contributed by atoms with van der Waals surface area (Å²) in [5.41, 5.74) is 6.97. The van der Waals surface area contributed by atoms with Crippen LogP contribution in [0.1, 0.15) is 68.2 Å². The van der Waals surface area contributed by atoms with Crippen LogP contribution < -0.4 is 0 Å². The average Bonchev–Trinajstić information content (AvgIpc) is 2.91. The minimum atomic E-state index is -2.82. The van der Waals surface area contributed by atoms with Gasteiger partial charge in [0.15, 0.2) is 0 Å². The van der Waals surface area contributed by atoms with Gasteiger partial charge in [0, 0.05) is 0 Å². The maximum Gasteiger partial charge on any atom is -0.147 e. The zero-order chi connectivity index (χ0) is 18.7. The fourth-order valence-corrected chi connectivity index (χ4v) is 14.9. The molecular weight excluding hydrogens is 411 g/mol. The molecule has 150 valence electrons. The van der Waals surface area contributed by atoms with Crippen LogP contribution in [0, 0.1) is 10.8 Å². The Morgan fingerprint density at radius 2 is 1.00 bits per heavy atom. The third kappa shape index (κ3) is 4.90. The van der Waals surface area contributed by atoms with Crippen LogP contribution in [0.15, 0.2) is 42.2 Å². The second-order valence-corrected chi connectivity index (χ2v) is 30.2. The summed E-state index contributed by atoms with van der Waals surface area (Å²) in [6.07, 6.45) is 7.43. The monoisotopic (exact) mass is 450 g/mol. The molecule has 2 aliphatic carbocycles. The van der Waals surface area contributed by atoms with Gasteiger partial charge in [0.05, 0.1) is 0 Å². The van der Waals surface area contributed by atoms with Crippen molar-refractivity contribution in [3.8, 4) is 0 Å². The number of hydrogen-bond donors (Lipinski definition) is 0. The van der Waals surface area contributed by atoms with Crippen LogP contribution in [0.3, 0.4) is 0 Å². The van der Waals surface area contributed by atoms with Gasteiger partial charge < -0.3 is 0 Å². The standard InChI is InChI=1S/2C10H15.2CH3.2ClH.H2Si.Ti/c2*1-8-5-6-9(7-8)10(2,3)4;;;;;;/h2*7H,6H2,1-4H3;2*1H3;2*1H;1H2;. The fourth-order valence-electron chi connectivity index (χ4n) is 4.44. The molecule has 0 aliphatic heterocycles. The van der Waals surface area contributed by atoms with Crippen molar-refractivity contribution in [1.82, 2.24) is 0 Å². The SMILES string of the molecule is CC1=[C]([Ti]([CH3])([CH3])(=[SiH2])[C]2=C(C)C=C(C(C)(C)C)C2)CC(C(C)(C)C)=C1.Cl.Cl. The molecular formula is C22H40Cl2SiTi. The Morgan fingerprint density at radius 3 is 1.19 bits per heavy atom. The average molecular weight is 451 g/mol. The van der Waals surface area contributed by atoms with Gasteiger partial charge in [0.2, 0.25) is 0 Å². The van der Waals surface area contributed by atoms with E-state index in [-0.39, 0.29) is 35.6 Å². The van der Waals surface area contributed by atoms with Gasteiger partial charge in [0.1, 0.15) is 0 Å². The molecule has 0 saturated heterocycles. The molecule has 0 aromatic carbocycles. The van der Waals surface area contributed by atoms with Crippen molar-refractivity contribution in [2.24, 2.45) is 10.8 Å². The Balaban J connectivity index is 0.00000312. The Bertz CT molecular complexity index is 712. The first kappa shape index (κ1) is 26.5. The minimum absolute atomic E-state index is 0. The molecule has 0 atom stereocenters. The molecule has 0 bridgehead atoms. The summed E-state index contributed by atoms with van der Waals surface area (Å²) in [6, 6.07) is 0. The smallest absolute Gasteiger partial charge is 0.147 e. The molecule has 0 spiro atoms. The Hall–Kier alpha value is 0.471. The predicted molar refractivity (Wildman–Crippen MR) is 124 cm³/mol. The van der Waals surface area contributed by atoms with Crippen molar-refractivity contribution < 1.29 is 14.0 Å². The van der Waals surface area contributed by atoms with E-state index in [4.69, 9.17) is 0 Å². The summed E-state index contributed by atoms with van der Waals surface area (Å²) in [4.78, 5) is 0. The van der Waals surface area contributed by atoms with Crippen LogP contribution in [0.25, 0.3) is 0 Å². The molecule has 0 heterocycles. The van der Waals surface area contributed by atoms with Crippen molar-refractivity contribution in [1.29, 1.82) is 0 Å². The van der Waals surface area contributed by atoms with Crippen molar-refractivity contribution >= 4 is 32.4 Å². The van der Waals surface area contributed by atoms with Gasteiger partial charge >= 0.3 is 153 Å². The van der Waals surface area contributed by atoms with E-state index in [1.54, 1.807) is 22.3 Å². The molecule has 0 saturated carbocycles. The molecule has 0 aromatic rings. The third-order valence-corrected chi connectivity index (χ3v) is 17.7. The van der Waals surface area contributed by atoms with Crippen LogP contribution in [-0.2, 0) is 14.0 Å². The molecule has 26 heavy (non-hydrogen) atoms. The zero-order valence-corrected chi connectivity index (χ0v) is 23.2. The predicted octanol–water partition coefficient (Wildman–Crippen LogP) is 7.46. The van der Waals surface area contributed by atoms with E-state index < -0.39 is 14.0 Å². The molecule has 0 aromatic heterocycles. The first-order valence-corrected chi connectivity index (χ1v) is 18.1. The van der Waals surface area contributed by atoms with E-state index in [1.165, 1.54) is 12.8 Å². The molecule has 0 unspecified atom stereocenters. The Labute approximate surface area is 177 Å². The van der Waals surface area contributed by atoms with Crippen LogP contribution in [0.2, 0.25) is 10.5 Å². The van der Waals surface area contributed by atoms with Crippen LogP contribution >= 0.6 is 24.8 Å². The number of allylic oxidation sites excluding steroid dienone is 8. The summed E-state index contributed by atoms with van der Waals surface area (Å²) in [5.74, 6) is 0. The Kier molecular flexibility index (Phi) is 7.85. The Morgan fingerprint density at radius 1 is 0.731 bits per heavy atom. The normalized spacial score (nSPS) is 19.2. The third-order valence-electron chi connectivity index (χ3n) is 6.33. The quantitative estimate of drug-likeness (QED) is 0.382. The number of halogens is 2. The molecule has 0 N–H and O–H groups in total.